The first-order valence-electron chi connectivity index (χ1n) is 14.1. The van der Waals surface area contributed by atoms with E-state index in [9.17, 15) is 0 Å². The van der Waals surface area contributed by atoms with Crippen molar-refractivity contribution in [3.8, 4) is 0 Å². The Labute approximate surface area is 207 Å². The smallest absolute Gasteiger partial charge is 0.0187 e. The molecular weight excluding hydrogens is 402 g/mol. The van der Waals surface area contributed by atoms with Crippen LogP contribution in [0.5, 0.6) is 0 Å². The second kappa shape index (κ2) is 7.69. The first-order chi connectivity index (χ1) is 14.8. The van der Waals surface area contributed by atoms with E-state index in [0.717, 1.165) is 17.8 Å². The van der Waals surface area contributed by atoms with Crippen LogP contribution in [0.1, 0.15) is 102 Å². The van der Waals surface area contributed by atoms with Crippen molar-refractivity contribution in [1.29, 1.82) is 0 Å². The molecule has 33 heavy (non-hydrogen) atoms. The summed E-state index contributed by atoms with van der Waals surface area (Å²) < 4.78 is 0. The van der Waals surface area contributed by atoms with Crippen molar-refractivity contribution in [2.75, 3.05) is 39.3 Å². The molecule has 3 saturated carbocycles. The van der Waals surface area contributed by atoms with Crippen LogP contribution in [0.3, 0.4) is 0 Å². The van der Waals surface area contributed by atoms with Crippen molar-refractivity contribution >= 4 is 0 Å². The summed E-state index contributed by atoms with van der Waals surface area (Å²) in [4.78, 5) is 8.67. The molecule has 3 heteroatoms. The minimum atomic E-state index is 0.275. The van der Waals surface area contributed by atoms with Crippen molar-refractivity contribution < 1.29 is 0 Å². The first-order valence-corrected chi connectivity index (χ1v) is 14.1. The molecule has 4 aliphatic rings. The van der Waals surface area contributed by atoms with E-state index in [2.05, 4.69) is 97.8 Å². The molecule has 3 aliphatic carbocycles. The molecule has 1 heterocycles. The van der Waals surface area contributed by atoms with Gasteiger partial charge in [0.2, 0.25) is 0 Å². The summed E-state index contributed by atoms with van der Waals surface area (Å²) in [6, 6.07) is 0. The molecular formula is C30H57N3. The van der Waals surface area contributed by atoms with E-state index in [1.165, 1.54) is 58.5 Å². The van der Waals surface area contributed by atoms with Crippen LogP contribution in [0.25, 0.3) is 0 Å². The van der Waals surface area contributed by atoms with Gasteiger partial charge in [0.15, 0.2) is 0 Å². The van der Waals surface area contributed by atoms with Gasteiger partial charge in [-0.2, -0.15) is 0 Å². The molecule has 0 aromatic heterocycles. The van der Waals surface area contributed by atoms with E-state index >= 15 is 0 Å². The SMILES string of the molecule is CC1(C)CC1C(C)(C)N1CCN(C(C)(C)C2CC2(C)C)CCN(C(C)(C)C2CC2(C)C)CC1. The summed E-state index contributed by atoms with van der Waals surface area (Å²) >= 11 is 0. The molecule has 0 aromatic carbocycles. The zero-order valence-corrected chi connectivity index (χ0v) is 24.4. The number of nitrogens with zero attached hydrogens (tertiary/aromatic N) is 3. The van der Waals surface area contributed by atoms with Crippen molar-refractivity contribution in [2.24, 2.45) is 34.0 Å². The summed E-state index contributed by atoms with van der Waals surface area (Å²) in [5.74, 6) is 2.45. The Morgan fingerprint density at radius 2 is 0.576 bits per heavy atom. The molecule has 4 fully saturated rings. The Bertz CT molecular complexity index is 632. The predicted molar refractivity (Wildman–Crippen MR) is 143 cm³/mol. The van der Waals surface area contributed by atoms with Gasteiger partial charge in [-0.3, -0.25) is 14.7 Å². The summed E-state index contributed by atoms with van der Waals surface area (Å²) in [7, 11) is 0. The molecule has 0 N–H and O–H groups in total. The molecule has 192 valence electrons. The van der Waals surface area contributed by atoms with Gasteiger partial charge in [0, 0.05) is 55.9 Å². The maximum absolute atomic E-state index is 2.89. The van der Waals surface area contributed by atoms with Crippen LogP contribution in [0.4, 0.5) is 0 Å². The van der Waals surface area contributed by atoms with Gasteiger partial charge in [-0.25, -0.2) is 0 Å². The third kappa shape index (κ3) is 4.69. The van der Waals surface area contributed by atoms with Gasteiger partial charge in [0.25, 0.3) is 0 Å². The summed E-state index contributed by atoms with van der Waals surface area (Å²) in [5, 5.41) is 0. The van der Waals surface area contributed by atoms with Crippen LogP contribution >= 0.6 is 0 Å². The quantitative estimate of drug-likeness (QED) is 0.456. The highest BCUT2D eigenvalue weighted by Gasteiger charge is 2.59. The molecule has 0 spiro atoms. The summed E-state index contributed by atoms with van der Waals surface area (Å²) in [6.45, 7) is 37.4. The fraction of sp³-hybridized carbons (Fsp3) is 1.00. The van der Waals surface area contributed by atoms with Crippen molar-refractivity contribution in [3.63, 3.8) is 0 Å². The molecule has 0 bridgehead atoms. The lowest BCUT2D eigenvalue weighted by Gasteiger charge is -2.44. The molecule has 0 aromatic rings. The zero-order chi connectivity index (χ0) is 24.8. The average molecular weight is 460 g/mol. The van der Waals surface area contributed by atoms with Gasteiger partial charge in [0.1, 0.15) is 0 Å². The number of rotatable bonds is 6. The van der Waals surface area contributed by atoms with Gasteiger partial charge < -0.3 is 0 Å². The predicted octanol–water partition coefficient (Wildman–Crippen LogP) is 6.38. The molecule has 3 unspecified atom stereocenters. The van der Waals surface area contributed by atoms with Crippen molar-refractivity contribution in [3.05, 3.63) is 0 Å². The van der Waals surface area contributed by atoms with Crippen LogP contribution in [-0.2, 0) is 0 Å². The summed E-state index contributed by atoms with van der Waals surface area (Å²) in [6.07, 6.45) is 4.15. The van der Waals surface area contributed by atoms with E-state index < -0.39 is 0 Å². The highest BCUT2D eigenvalue weighted by atomic mass is 15.3. The average Bonchev–Trinajstić information content (AvgIpc) is 3.59. The van der Waals surface area contributed by atoms with Gasteiger partial charge in [-0.15, -0.1) is 0 Å². The van der Waals surface area contributed by atoms with Gasteiger partial charge in [-0.05, 0) is 94.8 Å². The Hall–Kier alpha value is -0.120. The standard InChI is InChI=1S/C30H57N3/c1-25(2)19-22(25)28(7,8)31-13-15-32(29(9,10)23-20-26(23,3)4)17-18-33(16-14-31)30(11,12)24-21-27(24,5)6/h22-24H,13-21H2,1-12H3. The van der Waals surface area contributed by atoms with Crippen LogP contribution in [0.15, 0.2) is 0 Å². The van der Waals surface area contributed by atoms with E-state index in [0.29, 0.717) is 16.2 Å². The van der Waals surface area contributed by atoms with E-state index in [-0.39, 0.29) is 16.6 Å². The van der Waals surface area contributed by atoms with Gasteiger partial charge in [0.05, 0.1) is 0 Å². The van der Waals surface area contributed by atoms with Gasteiger partial charge in [-0.1, -0.05) is 41.5 Å². The number of hydrogen-bond donors (Lipinski definition) is 0. The van der Waals surface area contributed by atoms with Crippen LogP contribution in [-0.4, -0.2) is 70.6 Å². The van der Waals surface area contributed by atoms with E-state index in [1.807, 2.05) is 0 Å². The lowest BCUT2D eigenvalue weighted by Crippen LogP contribution is -2.54. The van der Waals surface area contributed by atoms with Crippen LogP contribution < -0.4 is 0 Å². The third-order valence-corrected chi connectivity index (χ3v) is 11.5. The minimum absolute atomic E-state index is 0.275. The van der Waals surface area contributed by atoms with Gasteiger partial charge >= 0.3 is 0 Å². The lowest BCUT2D eigenvalue weighted by atomic mass is 9.89. The maximum atomic E-state index is 2.89. The van der Waals surface area contributed by atoms with E-state index in [4.69, 9.17) is 0 Å². The molecule has 4 rings (SSSR count). The second-order valence-electron chi connectivity index (χ2n) is 16.2. The van der Waals surface area contributed by atoms with E-state index in [1.54, 1.807) is 0 Å². The minimum Gasteiger partial charge on any atom is -0.295 e. The molecule has 3 atom stereocenters. The Morgan fingerprint density at radius 1 is 0.424 bits per heavy atom. The fourth-order valence-electron chi connectivity index (χ4n) is 8.47. The monoisotopic (exact) mass is 459 g/mol. The molecule has 3 nitrogen and oxygen atoms in total. The molecule has 1 aliphatic heterocycles. The second-order valence-corrected chi connectivity index (χ2v) is 16.2. The van der Waals surface area contributed by atoms with Crippen molar-refractivity contribution in [2.45, 2.75) is 119 Å². The molecule has 0 radical (unpaired) electrons. The largest absolute Gasteiger partial charge is 0.295 e. The normalized spacial score (nSPS) is 35.5. The topological polar surface area (TPSA) is 9.72 Å². The molecule has 0 amide bonds. The molecule has 1 saturated heterocycles. The highest BCUT2D eigenvalue weighted by molar-refractivity contribution is 5.11. The Morgan fingerprint density at radius 3 is 0.697 bits per heavy atom. The third-order valence-electron chi connectivity index (χ3n) is 11.5. The highest BCUT2D eigenvalue weighted by Crippen LogP contribution is 2.61. The summed E-state index contributed by atoms with van der Waals surface area (Å²) in [5.41, 5.74) is 2.35. The maximum Gasteiger partial charge on any atom is 0.0187 e. The zero-order valence-electron chi connectivity index (χ0n) is 24.4. The fourth-order valence-corrected chi connectivity index (χ4v) is 8.47. The van der Waals surface area contributed by atoms with Crippen LogP contribution in [0.2, 0.25) is 0 Å². The lowest BCUT2D eigenvalue weighted by molar-refractivity contribution is 0.0455. The first kappa shape index (κ1) is 26.0. The Kier molecular flexibility index (Phi) is 6.05. The number of hydrogen-bond acceptors (Lipinski definition) is 3. The van der Waals surface area contributed by atoms with Crippen molar-refractivity contribution in [1.82, 2.24) is 14.7 Å². The Balaban J connectivity index is 1.58. The van der Waals surface area contributed by atoms with Crippen LogP contribution in [0, 0.1) is 34.0 Å².